The molecule has 2 nitrogen and oxygen atoms in total. The van der Waals surface area contributed by atoms with E-state index in [-0.39, 0.29) is 0 Å². The molecule has 0 saturated heterocycles. The highest BCUT2D eigenvalue weighted by molar-refractivity contribution is 14.1. The van der Waals surface area contributed by atoms with Crippen molar-refractivity contribution >= 4 is 22.6 Å². The first-order valence-electron chi connectivity index (χ1n) is 3.70. The summed E-state index contributed by atoms with van der Waals surface area (Å²) in [7, 11) is 3.04. The molecule has 0 aliphatic heterocycles. The summed E-state index contributed by atoms with van der Waals surface area (Å²) in [6.07, 6.45) is 0. The van der Waals surface area contributed by atoms with Gasteiger partial charge in [-0.15, -0.1) is 0 Å². The molecule has 0 heterocycles. The topological polar surface area (TPSA) is 18.5 Å². The van der Waals surface area contributed by atoms with Crippen LogP contribution in [0.4, 0.5) is 4.39 Å². The lowest BCUT2D eigenvalue weighted by molar-refractivity contribution is 0.344. The average molecular weight is 296 g/mol. The second-order valence-electron chi connectivity index (χ2n) is 2.40. The highest BCUT2D eigenvalue weighted by Gasteiger charge is 2.12. The number of methoxy groups -OCH3 is 2. The molecule has 1 aromatic carbocycles. The van der Waals surface area contributed by atoms with Gasteiger partial charge in [-0.05, 0) is 34.7 Å². The second kappa shape index (κ2) is 4.64. The third-order valence-corrected chi connectivity index (χ3v) is 2.74. The number of hydrogen-bond acceptors (Lipinski definition) is 2. The standard InChI is InChI=1S/C9H10FIO2/c1-12-8-4-3-7(11)6(5-10)9(8)13-2/h3-4H,5H2,1-2H3. The van der Waals surface area contributed by atoms with Crippen LogP contribution in [0, 0.1) is 3.57 Å². The third-order valence-electron chi connectivity index (χ3n) is 1.72. The first-order chi connectivity index (χ1) is 6.24. The minimum Gasteiger partial charge on any atom is -0.493 e. The summed E-state index contributed by atoms with van der Waals surface area (Å²) >= 11 is 2.07. The zero-order valence-corrected chi connectivity index (χ0v) is 9.59. The van der Waals surface area contributed by atoms with Crippen molar-refractivity contribution in [1.29, 1.82) is 0 Å². The largest absolute Gasteiger partial charge is 0.493 e. The number of hydrogen-bond donors (Lipinski definition) is 0. The van der Waals surface area contributed by atoms with Gasteiger partial charge in [-0.25, -0.2) is 4.39 Å². The quantitative estimate of drug-likeness (QED) is 0.799. The Morgan fingerprint density at radius 2 is 2.00 bits per heavy atom. The molecule has 0 aliphatic rings. The fourth-order valence-corrected chi connectivity index (χ4v) is 1.66. The van der Waals surface area contributed by atoms with E-state index in [9.17, 15) is 4.39 Å². The number of ether oxygens (including phenoxy) is 2. The van der Waals surface area contributed by atoms with Crippen molar-refractivity contribution < 1.29 is 13.9 Å². The molecule has 0 aromatic heterocycles. The van der Waals surface area contributed by atoms with Crippen LogP contribution in [0.1, 0.15) is 5.56 Å². The lowest BCUT2D eigenvalue weighted by atomic mass is 10.2. The van der Waals surface area contributed by atoms with Crippen LogP contribution < -0.4 is 9.47 Å². The SMILES string of the molecule is COc1ccc(I)c(CF)c1OC. The van der Waals surface area contributed by atoms with Crippen LogP contribution in [-0.4, -0.2) is 14.2 Å². The van der Waals surface area contributed by atoms with E-state index < -0.39 is 6.67 Å². The normalized spacial score (nSPS) is 9.85. The fourth-order valence-electron chi connectivity index (χ4n) is 1.09. The predicted molar refractivity (Wildman–Crippen MR) is 57.1 cm³/mol. The van der Waals surface area contributed by atoms with E-state index in [1.807, 2.05) is 0 Å². The Bertz CT molecular complexity index is 302. The lowest BCUT2D eigenvalue weighted by Gasteiger charge is -2.11. The van der Waals surface area contributed by atoms with Crippen LogP contribution in [0.25, 0.3) is 0 Å². The molecular formula is C9H10FIO2. The summed E-state index contributed by atoms with van der Waals surface area (Å²) in [5, 5.41) is 0. The first kappa shape index (κ1) is 10.6. The summed E-state index contributed by atoms with van der Waals surface area (Å²) in [6, 6.07) is 3.57. The zero-order chi connectivity index (χ0) is 9.84. The molecule has 1 rings (SSSR count). The lowest BCUT2D eigenvalue weighted by Crippen LogP contribution is -1.96. The van der Waals surface area contributed by atoms with Crippen LogP contribution in [0.15, 0.2) is 12.1 Å². The van der Waals surface area contributed by atoms with E-state index in [2.05, 4.69) is 22.6 Å². The van der Waals surface area contributed by atoms with Gasteiger partial charge >= 0.3 is 0 Å². The Morgan fingerprint density at radius 1 is 1.31 bits per heavy atom. The van der Waals surface area contributed by atoms with Crippen LogP contribution in [-0.2, 0) is 6.67 Å². The van der Waals surface area contributed by atoms with Gasteiger partial charge in [0, 0.05) is 9.13 Å². The van der Waals surface area contributed by atoms with E-state index in [0.717, 1.165) is 3.57 Å². The molecule has 0 N–H and O–H groups in total. The third kappa shape index (κ3) is 2.04. The number of halogens is 2. The van der Waals surface area contributed by atoms with Crippen molar-refractivity contribution in [3.05, 3.63) is 21.3 Å². The fraction of sp³-hybridized carbons (Fsp3) is 0.333. The molecule has 0 radical (unpaired) electrons. The van der Waals surface area contributed by atoms with Crippen LogP contribution in [0.2, 0.25) is 0 Å². The Balaban J connectivity index is 3.27. The van der Waals surface area contributed by atoms with E-state index in [1.165, 1.54) is 14.2 Å². The van der Waals surface area contributed by atoms with Gasteiger partial charge in [0.25, 0.3) is 0 Å². The van der Waals surface area contributed by atoms with Crippen molar-refractivity contribution in [2.75, 3.05) is 14.2 Å². The van der Waals surface area contributed by atoms with Crippen LogP contribution >= 0.6 is 22.6 Å². The molecule has 0 aliphatic carbocycles. The zero-order valence-electron chi connectivity index (χ0n) is 7.43. The van der Waals surface area contributed by atoms with Gasteiger partial charge in [-0.3, -0.25) is 0 Å². The van der Waals surface area contributed by atoms with Crippen LogP contribution in [0.3, 0.4) is 0 Å². The summed E-state index contributed by atoms with van der Waals surface area (Å²) in [5.74, 6) is 1.05. The number of alkyl halides is 1. The Labute approximate surface area is 90.2 Å². The van der Waals surface area contributed by atoms with Gasteiger partial charge in [0.1, 0.15) is 6.67 Å². The van der Waals surface area contributed by atoms with Crippen molar-refractivity contribution in [3.8, 4) is 11.5 Å². The molecule has 0 saturated carbocycles. The molecule has 0 fully saturated rings. The molecular weight excluding hydrogens is 286 g/mol. The number of rotatable bonds is 3. The van der Waals surface area contributed by atoms with E-state index in [0.29, 0.717) is 17.1 Å². The van der Waals surface area contributed by atoms with E-state index in [4.69, 9.17) is 9.47 Å². The molecule has 0 amide bonds. The van der Waals surface area contributed by atoms with Gasteiger partial charge in [-0.1, -0.05) is 0 Å². The molecule has 0 atom stereocenters. The van der Waals surface area contributed by atoms with Crippen molar-refractivity contribution in [1.82, 2.24) is 0 Å². The minimum absolute atomic E-state index is 0.483. The van der Waals surface area contributed by atoms with Gasteiger partial charge in [-0.2, -0.15) is 0 Å². The highest BCUT2D eigenvalue weighted by Crippen LogP contribution is 2.34. The average Bonchev–Trinajstić information content (AvgIpc) is 2.17. The maximum atomic E-state index is 12.6. The maximum Gasteiger partial charge on any atom is 0.167 e. The van der Waals surface area contributed by atoms with Gasteiger partial charge in [0.05, 0.1) is 14.2 Å². The summed E-state index contributed by atoms with van der Waals surface area (Å²) < 4.78 is 23.6. The summed E-state index contributed by atoms with van der Waals surface area (Å²) in [5.41, 5.74) is 0.544. The number of benzene rings is 1. The van der Waals surface area contributed by atoms with E-state index in [1.54, 1.807) is 12.1 Å². The van der Waals surface area contributed by atoms with Gasteiger partial charge in [0.15, 0.2) is 11.5 Å². The molecule has 4 heteroatoms. The van der Waals surface area contributed by atoms with Gasteiger partial charge in [0.2, 0.25) is 0 Å². The summed E-state index contributed by atoms with van der Waals surface area (Å²) in [4.78, 5) is 0. The smallest absolute Gasteiger partial charge is 0.167 e. The Kier molecular flexibility index (Phi) is 3.77. The molecule has 0 unspecified atom stereocenters. The summed E-state index contributed by atoms with van der Waals surface area (Å²) in [6.45, 7) is -0.543. The molecule has 13 heavy (non-hydrogen) atoms. The van der Waals surface area contributed by atoms with E-state index >= 15 is 0 Å². The molecule has 0 spiro atoms. The monoisotopic (exact) mass is 296 g/mol. The van der Waals surface area contributed by atoms with Gasteiger partial charge < -0.3 is 9.47 Å². The Morgan fingerprint density at radius 3 is 2.46 bits per heavy atom. The van der Waals surface area contributed by atoms with Crippen molar-refractivity contribution in [3.63, 3.8) is 0 Å². The molecule has 72 valence electrons. The van der Waals surface area contributed by atoms with Crippen molar-refractivity contribution in [2.45, 2.75) is 6.67 Å². The Hall–Kier alpha value is -0.520. The first-order valence-corrected chi connectivity index (χ1v) is 4.77. The minimum atomic E-state index is -0.543. The highest BCUT2D eigenvalue weighted by atomic mass is 127. The second-order valence-corrected chi connectivity index (χ2v) is 3.56. The maximum absolute atomic E-state index is 12.6. The van der Waals surface area contributed by atoms with Crippen molar-refractivity contribution in [2.24, 2.45) is 0 Å². The molecule has 0 bridgehead atoms. The van der Waals surface area contributed by atoms with Crippen LogP contribution in [0.5, 0.6) is 11.5 Å². The molecule has 1 aromatic rings. The predicted octanol–water partition coefficient (Wildman–Crippen LogP) is 2.78.